The highest BCUT2D eigenvalue weighted by atomic mass is 19.1. The van der Waals surface area contributed by atoms with Crippen molar-refractivity contribution in [1.29, 1.82) is 0 Å². The van der Waals surface area contributed by atoms with Crippen molar-refractivity contribution in [2.45, 2.75) is 20.4 Å². The van der Waals surface area contributed by atoms with Crippen molar-refractivity contribution in [1.82, 2.24) is 5.32 Å². The van der Waals surface area contributed by atoms with E-state index < -0.39 is 5.82 Å². The van der Waals surface area contributed by atoms with Crippen LogP contribution >= 0.6 is 0 Å². The predicted octanol–water partition coefficient (Wildman–Crippen LogP) is 1.68. The summed E-state index contributed by atoms with van der Waals surface area (Å²) in [6.07, 6.45) is 0. The van der Waals surface area contributed by atoms with Gasteiger partial charge in [-0.05, 0) is 23.6 Å². The fraction of sp³-hybridized carbons (Fsp3) is 0.500. The van der Waals surface area contributed by atoms with Crippen LogP contribution in [0.3, 0.4) is 0 Å². The van der Waals surface area contributed by atoms with Crippen molar-refractivity contribution in [3.05, 3.63) is 35.1 Å². The molecule has 1 rings (SSSR count). The summed E-state index contributed by atoms with van der Waals surface area (Å²) >= 11 is 0. The van der Waals surface area contributed by atoms with E-state index in [4.69, 9.17) is 15.7 Å². The van der Waals surface area contributed by atoms with Crippen molar-refractivity contribution in [3.63, 3.8) is 0 Å². The number of hydrogen-bond acceptors (Lipinski definition) is 4. The Hall–Kier alpha value is -1.66. The van der Waals surface area contributed by atoms with E-state index in [9.17, 15) is 4.39 Å². The minimum atomic E-state index is -0.421. The van der Waals surface area contributed by atoms with Crippen LogP contribution in [-0.4, -0.2) is 30.8 Å². The van der Waals surface area contributed by atoms with Gasteiger partial charge in [0.25, 0.3) is 0 Å². The van der Waals surface area contributed by atoms with Crippen LogP contribution in [0.4, 0.5) is 4.39 Å². The predicted molar refractivity (Wildman–Crippen MR) is 76.3 cm³/mol. The van der Waals surface area contributed by atoms with Gasteiger partial charge in [0.2, 0.25) is 0 Å². The van der Waals surface area contributed by atoms with Crippen LogP contribution in [0.25, 0.3) is 0 Å². The third kappa shape index (κ3) is 5.54. The third-order valence-electron chi connectivity index (χ3n) is 2.65. The number of halogens is 1. The fourth-order valence-electron chi connectivity index (χ4n) is 1.68. The second kappa shape index (κ2) is 8.50. The average molecular weight is 283 g/mol. The molecule has 0 atom stereocenters. The molecule has 0 fully saturated rings. The molecule has 0 heterocycles. The highest BCUT2D eigenvalue weighted by Gasteiger charge is 2.08. The first kappa shape index (κ1) is 16.4. The summed E-state index contributed by atoms with van der Waals surface area (Å²) in [5.41, 5.74) is 6.69. The Morgan fingerprint density at radius 1 is 1.50 bits per heavy atom. The molecule has 6 heteroatoms. The number of nitrogens with one attached hydrogen (secondary N) is 1. The highest BCUT2D eigenvalue weighted by Crippen LogP contribution is 2.11. The largest absolute Gasteiger partial charge is 0.409 e. The molecule has 0 bridgehead atoms. The molecule has 0 aromatic heterocycles. The van der Waals surface area contributed by atoms with E-state index in [2.05, 4.69) is 24.3 Å². The van der Waals surface area contributed by atoms with Crippen LogP contribution < -0.4 is 11.1 Å². The number of amidine groups is 1. The molecule has 0 spiro atoms. The average Bonchev–Trinajstić information content (AvgIpc) is 2.42. The molecule has 1 aromatic carbocycles. The Bertz CT molecular complexity index is 450. The van der Waals surface area contributed by atoms with Crippen LogP contribution in [0.15, 0.2) is 23.4 Å². The fourth-order valence-corrected chi connectivity index (χ4v) is 1.68. The van der Waals surface area contributed by atoms with Gasteiger partial charge in [-0.3, -0.25) is 0 Å². The van der Waals surface area contributed by atoms with Crippen molar-refractivity contribution >= 4 is 5.84 Å². The number of nitrogens with zero attached hydrogens (tertiary/aromatic N) is 1. The standard InChI is InChI=1S/C14H22FN3O2/c1-10(2)9-20-6-5-17-8-11-3-4-12(15)7-13(11)14(16)18-19/h3-4,7,10,17,19H,5-6,8-9H2,1-2H3,(H2,16,18). The Morgan fingerprint density at radius 2 is 2.25 bits per heavy atom. The lowest BCUT2D eigenvalue weighted by molar-refractivity contribution is 0.111. The van der Waals surface area contributed by atoms with Gasteiger partial charge in [-0.2, -0.15) is 0 Å². The van der Waals surface area contributed by atoms with Gasteiger partial charge in [-0.1, -0.05) is 25.1 Å². The zero-order chi connectivity index (χ0) is 15.0. The minimum Gasteiger partial charge on any atom is -0.409 e. The maximum absolute atomic E-state index is 13.2. The lowest BCUT2D eigenvalue weighted by Gasteiger charge is -2.11. The molecular formula is C14H22FN3O2. The van der Waals surface area contributed by atoms with Gasteiger partial charge in [0.05, 0.1) is 6.61 Å². The van der Waals surface area contributed by atoms with Crippen LogP contribution in [0, 0.1) is 11.7 Å². The van der Waals surface area contributed by atoms with Crippen LogP contribution in [-0.2, 0) is 11.3 Å². The number of hydrogen-bond donors (Lipinski definition) is 3. The molecule has 0 radical (unpaired) electrons. The van der Waals surface area contributed by atoms with Gasteiger partial charge >= 0.3 is 0 Å². The summed E-state index contributed by atoms with van der Waals surface area (Å²) in [6.45, 7) is 6.70. The molecule has 4 N–H and O–H groups in total. The first-order chi connectivity index (χ1) is 9.54. The van der Waals surface area contributed by atoms with E-state index in [1.165, 1.54) is 12.1 Å². The molecule has 112 valence electrons. The highest BCUT2D eigenvalue weighted by molar-refractivity contribution is 5.98. The summed E-state index contributed by atoms with van der Waals surface area (Å²) in [4.78, 5) is 0. The Labute approximate surface area is 118 Å². The molecule has 0 amide bonds. The van der Waals surface area contributed by atoms with Crippen molar-refractivity contribution in [2.75, 3.05) is 19.8 Å². The first-order valence-electron chi connectivity index (χ1n) is 6.59. The number of nitrogens with two attached hydrogens (primary N) is 1. The summed E-state index contributed by atoms with van der Waals surface area (Å²) < 4.78 is 18.6. The first-order valence-corrected chi connectivity index (χ1v) is 6.59. The van der Waals surface area contributed by atoms with Crippen molar-refractivity contribution in [3.8, 4) is 0 Å². The van der Waals surface area contributed by atoms with Gasteiger partial charge in [0, 0.05) is 25.3 Å². The van der Waals surface area contributed by atoms with E-state index in [1.807, 2.05) is 0 Å². The molecule has 0 aliphatic heterocycles. The smallest absolute Gasteiger partial charge is 0.170 e. The number of benzene rings is 1. The van der Waals surface area contributed by atoms with Gasteiger partial charge in [-0.25, -0.2) is 4.39 Å². The van der Waals surface area contributed by atoms with Crippen LogP contribution in [0.2, 0.25) is 0 Å². The van der Waals surface area contributed by atoms with Gasteiger partial charge in [-0.15, -0.1) is 0 Å². The zero-order valence-electron chi connectivity index (χ0n) is 11.9. The molecule has 1 aromatic rings. The second-order valence-corrected chi connectivity index (χ2v) is 4.93. The quantitative estimate of drug-likeness (QED) is 0.223. The monoisotopic (exact) mass is 283 g/mol. The molecule has 5 nitrogen and oxygen atoms in total. The molecule has 0 unspecified atom stereocenters. The van der Waals surface area contributed by atoms with E-state index in [-0.39, 0.29) is 5.84 Å². The number of ether oxygens (including phenoxy) is 1. The van der Waals surface area contributed by atoms with Crippen molar-refractivity contribution < 1.29 is 14.3 Å². The van der Waals surface area contributed by atoms with Gasteiger partial charge in [0.1, 0.15) is 5.82 Å². The summed E-state index contributed by atoms with van der Waals surface area (Å²) in [6, 6.07) is 4.21. The maximum Gasteiger partial charge on any atom is 0.170 e. The van der Waals surface area contributed by atoms with E-state index in [0.717, 1.165) is 12.2 Å². The van der Waals surface area contributed by atoms with E-state index in [1.54, 1.807) is 6.07 Å². The lowest BCUT2D eigenvalue weighted by Crippen LogP contribution is -2.23. The second-order valence-electron chi connectivity index (χ2n) is 4.93. The minimum absolute atomic E-state index is 0.0997. The Kier molecular flexibility index (Phi) is 6.97. The topological polar surface area (TPSA) is 79.9 Å². The summed E-state index contributed by atoms with van der Waals surface area (Å²) in [7, 11) is 0. The molecule has 0 saturated carbocycles. The van der Waals surface area contributed by atoms with E-state index in [0.29, 0.717) is 31.2 Å². The number of rotatable bonds is 8. The van der Waals surface area contributed by atoms with Crippen molar-refractivity contribution in [2.24, 2.45) is 16.8 Å². The molecule has 0 aliphatic rings. The summed E-state index contributed by atoms with van der Waals surface area (Å²) in [5, 5.41) is 14.8. The Balaban J connectivity index is 2.47. The van der Waals surface area contributed by atoms with E-state index >= 15 is 0 Å². The third-order valence-corrected chi connectivity index (χ3v) is 2.65. The molecule has 20 heavy (non-hydrogen) atoms. The Morgan fingerprint density at radius 3 is 2.90 bits per heavy atom. The maximum atomic E-state index is 13.2. The van der Waals surface area contributed by atoms with Gasteiger partial charge < -0.3 is 21.0 Å². The lowest BCUT2D eigenvalue weighted by atomic mass is 10.1. The molecule has 0 saturated heterocycles. The summed E-state index contributed by atoms with van der Waals surface area (Å²) in [5.74, 6) is -0.00719. The SMILES string of the molecule is CC(C)COCCNCc1ccc(F)cc1/C(N)=N/O. The molecule has 0 aliphatic carbocycles. The van der Waals surface area contributed by atoms with Crippen LogP contribution in [0.1, 0.15) is 25.0 Å². The zero-order valence-corrected chi connectivity index (χ0v) is 11.9. The normalized spacial score (nSPS) is 12.1. The number of oxime groups is 1. The van der Waals surface area contributed by atoms with Gasteiger partial charge in [0.15, 0.2) is 5.84 Å². The van der Waals surface area contributed by atoms with Crippen LogP contribution in [0.5, 0.6) is 0 Å². The molecular weight excluding hydrogens is 261 g/mol.